The van der Waals surface area contributed by atoms with Gasteiger partial charge in [0.05, 0.1) is 22.8 Å². The average Bonchev–Trinajstić information content (AvgIpc) is 2.79. The lowest BCUT2D eigenvalue weighted by atomic mass is 10.0. The van der Waals surface area contributed by atoms with Crippen LogP contribution in [0.5, 0.6) is 0 Å². The molecule has 1 aromatic rings. The number of halogens is 2. The fourth-order valence-electron chi connectivity index (χ4n) is 2.88. The highest BCUT2D eigenvalue weighted by Gasteiger charge is 2.30. The average molecular weight is 318 g/mol. The standard InChI is InChI=1S/C15H21Cl2NO2/c1-10-5-7-18(13(10)9-19)8-6-14(20)11-3-2-4-12(16)15(11)17/h2-4,10,13-14,19-20H,5-9H2,1H3. The first kappa shape index (κ1) is 16.1. The number of hydrogen-bond acceptors (Lipinski definition) is 3. The van der Waals surface area contributed by atoms with Gasteiger partial charge in [0.2, 0.25) is 0 Å². The number of rotatable bonds is 5. The van der Waals surface area contributed by atoms with E-state index < -0.39 is 6.10 Å². The third-order valence-electron chi connectivity index (χ3n) is 4.21. The van der Waals surface area contributed by atoms with Crippen molar-refractivity contribution in [1.29, 1.82) is 0 Å². The van der Waals surface area contributed by atoms with Crippen LogP contribution < -0.4 is 0 Å². The zero-order valence-electron chi connectivity index (χ0n) is 11.6. The van der Waals surface area contributed by atoms with Crippen LogP contribution in [0.1, 0.15) is 31.4 Å². The van der Waals surface area contributed by atoms with Crippen LogP contribution in [0.2, 0.25) is 10.0 Å². The molecule has 3 atom stereocenters. The fraction of sp³-hybridized carbons (Fsp3) is 0.600. The van der Waals surface area contributed by atoms with E-state index in [1.807, 2.05) is 0 Å². The summed E-state index contributed by atoms with van der Waals surface area (Å²) in [6.07, 6.45) is 1.05. The molecule has 0 aliphatic carbocycles. The molecule has 0 radical (unpaired) electrons. The monoisotopic (exact) mass is 317 g/mol. The molecule has 0 saturated carbocycles. The zero-order valence-corrected chi connectivity index (χ0v) is 13.1. The smallest absolute Gasteiger partial charge is 0.0817 e. The Hall–Kier alpha value is -0.320. The topological polar surface area (TPSA) is 43.7 Å². The first-order chi connectivity index (χ1) is 9.54. The zero-order chi connectivity index (χ0) is 14.7. The van der Waals surface area contributed by atoms with Gasteiger partial charge in [0.25, 0.3) is 0 Å². The second-order valence-corrected chi connectivity index (χ2v) is 6.28. The molecule has 1 saturated heterocycles. The lowest BCUT2D eigenvalue weighted by molar-refractivity contribution is 0.107. The van der Waals surface area contributed by atoms with Gasteiger partial charge in [-0.05, 0) is 31.4 Å². The molecule has 3 nitrogen and oxygen atoms in total. The Morgan fingerprint density at radius 3 is 2.85 bits per heavy atom. The number of likely N-dealkylation sites (tertiary alicyclic amines) is 1. The molecule has 5 heteroatoms. The first-order valence-electron chi connectivity index (χ1n) is 7.01. The molecule has 0 bridgehead atoms. The Bertz CT molecular complexity index is 455. The van der Waals surface area contributed by atoms with Gasteiger partial charge in [-0.3, -0.25) is 4.90 Å². The van der Waals surface area contributed by atoms with Crippen LogP contribution in [0, 0.1) is 5.92 Å². The maximum Gasteiger partial charge on any atom is 0.0817 e. The maximum atomic E-state index is 10.3. The number of hydrogen-bond donors (Lipinski definition) is 2. The molecule has 2 N–H and O–H groups in total. The Morgan fingerprint density at radius 1 is 1.40 bits per heavy atom. The summed E-state index contributed by atoms with van der Waals surface area (Å²) in [7, 11) is 0. The van der Waals surface area contributed by atoms with Crippen LogP contribution in [-0.4, -0.2) is 40.9 Å². The van der Waals surface area contributed by atoms with Gasteiger partial charge in [-0.25, -0.2) is 0 Å². The summed E-state index contributed by atoms with van der Waals surface area (Å²) in [5.74, 6) is 0.506. The summed E-state index contributed by atoms with van der Waals surface area (Å²) in [5.41, 5.74) is 0.673. The molecule has 2 rings (SSSR count). The Kier molecular flexibility index (Phi) is 5.70. The molecule has 1 fully saturated rings. The van der Waals surface area contributed by atoms with Gasteiger partial charge in [-0.1, -0.05) is 42.3 Å². The largest absolute Gasteiger partial charge is 0.395 e. The molecule has 3 unspecified atom stereocenters. The molecule has 1 heterocycles. The molecule has 0 amide bonds. The molecule has 112 valence electrons. The molecular formula is C15H21Cl2NO2. The summed E-state index contributed by atoms with van der Waals surface area (Å²) in [5, 5.41) is 20.6. The fourth-order valence-corrected chi connectivity index (χ4v) is 3.32. The SMILES string of the molecule is CC1CCN(CCC(O)c2cccc(Cl)c2Cl)C1CO. The minimum absolute atomic E-state index is 0.176. The number of aliphatic hydroxyl groups excluding tert-OH is 2. The third-order valence-corrected chi connectivity index (χ3v) is 5.05. The molecule has 1 aromatic carbocycles. The van der Waals surface area contributed by atoms with Crippen LogP contribution >= 0.6 is 23.2 Å². The van der Waals surface area contributed by atoms with Crippen LogP contribution in [0.3, 0.4) is 0 Å². The van der Waals surface area contributed by atoms with Gasteiger partial charge in [-0.15, -0.1) is 0 Å². The van der Waals surface area contributed by atoms with E-state index in [9.17, 15) is 10.2 Å². The lowest BCUT2D eigenvalue weighted by Gasteiger charge is -2.26. The summed E-state index contributed by atoms with van der Waals surface area (Å²) in [6, 6.07) is 5.51. The third kappa shape index (κ3) is 3.46. The molecule has 1 aliphatic rings. The number of aliphatic hydroxyl groups is 2. The Labute approximate surface area is 130 Å². The first-order valence-corrected chi connectivity index (χ1v) is 7.77. The predicted molar refractivity (Wildman–Crippen MR) is 82.3 cm³/mol. The molecule has 0 aromatic heterocycles. The van der Waals surface area contributed by atoms with E-state index in [-0.39, 0.29) is 12.6 Å². The van der Waals surface area contributed by atoms with Crippen molar-refractivity contribution in [2.24, 2.45) is 5.92 Å². The van der Waals surface area contributed by atoms with Gasteiger partial charge < -0.3 is 10.2 Å². The van der Waals surface area contributed by atoms with E-state index in [4.69, 9.17) is 23.2 Å². The van der Waals surface area contributed by atoms with E-state index >= 15 is 0 Å². The summed E-state index contributed by atoms with van der Waals surface area (Å²) < 4.78 is 0. The second kappa shape index (κ2) is 7.10. The van der Waals surface area contributed by atoms with Crippen molar-refractivity contribution in [1.82, 2.24) is 4.90 Å². The second-order valence-electron chi connectivity index (χ2n) is 5.50. The highest BCUT2D eigenvalue weighted by atomic mass is 35.5. The van der Waals surface area contributed by atoms with Crippen LogP contribution in [0.25, 0.3) is 0 Å². The van der Waals surface area contributed by atoms with Crippen molar-refractivity contribution in [2.75, 3.05) is 19.7 Å². The quantitative estimate of drug-likeness (QED) is 0.877. The van der Waals surface area contributed by atoms with Gasteiger partial charge in [0, 0.05) is 18.2 Å². The summed E-state index contributed by atoms with van der Waals surface area (Å²) in [4.78, 5) is 2.24. The normalized spacial score (nSPS) is 25.1. The van der Waals surface area contributed by atoms with Crippen molar-refractivity contribution in [3.8, 4) is 0 Å². The van der Waals surface area contributed by atoms with Crippen LogP contribution in [0.4, 0.5) is 0 Å². The minimum Gasteiger partial charge on any atom is -0.395 e. The molecule has 1 aliphatic heterocycles. The summed E-state index contributed by atoms with van der Waals surface area (Å²) in [6.45, 7) is 4.06. The Morgan fingerprint density at radius 2 is 2.15 bits per heavy atom. The van der Waals surface area contributed by atoms with Crippen molar-refractivity contribution in [3.05, 3.63) is 33.8 Å². The van der Waals surface area contributed by atoms with Gasteiger partial charge in [0.1, 0.15) is 0 Å². The van der Waals surface area contributed by atoms with Crippen LogP contribution in [-0.2, 0) is 0 Å². The van der Waals surface area contributed by atoms with Crippen molar-refractivity contribution in [3.63, 3.8) is 0 Å². The van der Waals surface area contributed by atoms with Gasteiger partial charge in [-0.2, -0.15) is 0 Å². The molecular weight excluding hydrogens is 297 g/mol. The number of benzene rings is 1. The van der Waals surface area contributed by atoms with Crippen molar-refractivity contribution >= 4 is 23.2 Å². The highest BCUT2D eigenvalue weighted by Crippen LogP contribution is 2.32. The maximum absolute atomic E-state index is 10.3. The molecule has 20 heavy (non-hydrogen) atoms. The van der Waals surface area contributed by atoms with Gasteiger partial charge >= 0.3 is 0 Å². The predicted octanol–water partition coefficient (Wildman–Crippen LogP) is 3.12. The van der Waals surface area contributed by atoms with Gasteiger partial charge in [0.15, 0.2) is 0 Å². The number of nitrogens with zero attached hydrogens (tertiary/aromatic N) is 1. The van der Waals surface area contributed by atoms with Crippen LogP contribution in [0.15, 0.2) is 18.2 Å². The summed E-state index contributed by atoms with van der Waals surface area (Å²) >= 11 is 12.1. The molecule has 0 spiro atoms. The minimum atomic E-state index is -0.628. The van der Waals surface area contributed by atoms with Crippen molar-refractivity contribution < 1.29 is 10.2 Å². The van der Waals surface area contributed by atoms with E-state index in [1.165, 1.54) is 0 Å². The van der Waals surface area contributed by atoms with Crippen molar-refractivity contribution in [2.45, 2.75) is 31.9 Å². The van der Waals surface area contributed by atoms with E-state index in [2.05, 4.69) is 11.8 Å². The van der Waals surface area contributed by atoms with E-state index in [0.717, 1.165) is 19.5 Å². The Balaban J connectivity index is 1.95. The lowest BCUT2D eigenvalue weighted by Crippen LogP contribution is -2.36. The van der Waals surface area contributed by atoms with E-state index in [1.54, 1.807) is 18.2 Å². The highest BCUT2D eigenvalue weighted by molar-refractivity contribution is 6.42. The van der Waals surface area contributed by atoms with E-state index in [0.29, 0.717) is 27.9 Å².